The van der Waals surface area contributed by atoms with Crippen LogP contribution in [0.2, 0.25) is 0 Å². The lowest BCUT2D eigenvalue weighted by atomic mass is 10.1. The number of fused-ring (bicyclic) bond motifs is 1. The van der Waals surface area contributed by atoms with E-state index in [-0.39, 0.29) is 24.3 Å². The van der Waals surface area contributed by atoms with Gasteiger partial charge < -0.3 is 29.3 Å². The maximum Gasteiger partial charge on any atom is 0.490 e. The summed E-state index contributed by atoms with van der Waals surface area (Å²) in [7, 11) is 7.67. The van der Waals surface area contributed by atoms with Crippen molar-refractivity contribution in [3.05, 3.63) is 0 Å². The topological polar surface area (TPSA) is 82.6 Å². The molecule has 0 aromatic heterocycles. The lowest BCUT2D eigenvalue weighted by molar-refractivity contribution is -0.192. The van der Waals surface area contributed by atoms with Gasteiger partial charge in [0.2, 0.25) is 0 Å². The molecule has 1 N–H and O–H groups in total. The Morgan fingerprint density at radius 1 is 1.22 bits per heavy atom. The predicted molar refractivity (Wildman–Crippen MR) is 90.5 cm³/mol. The molecule has 1 saturated heterocycles. The van der Waals surface area contributed by atoms with E-state index in [1.165, 1.54) is 0 Å². The molecule has 1 aliphatic carbocycles. The van der Waals surface area contributed by atoms with Crippen LogP contribution in [0.15, 0.2) is 0 Å². The van der Waals surface area contributed by atoms with Crippen LogP contribution in [-0.2, 0) is 14.3 Å². The van der Waals surface area contributed by atoms with Gasteiger partial charge in [-0.25, -0.2) is 9.59 Å². The summed E-state index contributed by atoms with van der Waals surface area (Å²) in [5.41, 5.74) is 0. The first-order valence-corrected chi connectivity index (χ1v) is 8.61. The number of morpholine rings is 1. The Morgan fingerprint density at radius 2 is 1.81 bits per heavy atom. The number of rotatable bonds is 4. The molecule has 1 heterocycles. The predicted octanol–water partition coefficient (Wildman–Crippen LogP) is 1.11. The summed E-state index contributed by atoms with van der Waals surface area (Å²) >= 11 is 0. The first-order chi connectivity index (χ1) is 12.4. The smallest absolute Gasteiger partial charge is 0.475 e. The van der Waals surface area contributed by atoms with Crippen molar-refractivity contribution >= 4 is 12.0 Å². The molecule has 2 aliphatic rings. The number of hydrogen-bond donors (Lipinski definition) is 1. The summed E-state index contributed by atoms with van der Waals surface area (Å²) in [6.45, 7) is 2.91. The standard InChI is InChI=1S/C14H27N3O3.C2HF3O2/c1-15(2)7-9-19-12-6-5-11-13(12)20-10-8-17(11)14(18)16(3)4;3-2(4,5)1(6)7/h11-13H,5-10H2,1-4H3;(H,6,7)/t11-,12+,13+;/m0./s1. The van der Waals surface area contributed by atoms with Crippen LogP contribution in [0.5, 0.6) is 0 Å². The van der Waals surface area contributed by atoms with Crippen LogP contribution < -0.4 is 0 Å². The molecule has 0 spiro atoms. The minimum Gasteiger partial charge on any atom is -0.475 e. The van der Waals surface area contributed by atoms with E-state index in [9.17, 15) is 18.0 Å². The van der Waals surface area contributed by atoms with Gasteiger partial charge in [-0.15, -0.1) is 0 Å². The molecule has 0 aromatic carbocycles. The largest absolute Gasteiger partial charge is 0.490 e. The van der Waals surface area contributed by atoms with E-state index in [0.29, 0.717) is 19.8 Å². The number of halogens is 3. The molecule has 11 heteroatoms. The number of amides is 2. The number of hydrogen-bond acceptors (Lipinski definition) is 5. The number of urea groups is 1. The highest BCUT2D eigenvalue weighted by atomic mass is 19.4. The number of ether oxygens (including phenoxy) is 2. The van der Waals surface area contributed by atoms with Gasteiger partial charge in [-0.3, -0.25) is 0 Å². The Balaban J connectivity index is 0.000000445. The van der Waals surface area contributed by atoms with Crippen LogP contribution in [-0.4, -0.2) is 111 Å². The van der Waals surface area contributed by atoms with Crippen molar-refractivity contribution in [3.8, 4) is 0 Å². The Bertz CT molecular complexity index is 502. The number of nitrogens with zero attached hydrogens (tertiary/aromatic N) is 3. The second-order valence-corrected chi connectivity index (χ2v) is 6.87. The zero-order valence-corrected chi connectivity index (χ0v) is 16.0. The second-order valence-electron chi connectivity index (χ2n) is 6.87. The number of likely N-dealkylation sites (N-methyl/N-ethyl adjacent to an activating group) is 1. The fourth-order valence-corrected chi connectivity index (χ4v) is 2.98. The van der Waals surface area contributed by atoms with Gasteiger partial charge >= 0.3 is 18.2 Å². The van der Waals surface area contributed by atoms with E-state index in [2.05, 4.69) is 4.90 Å². The van der Waals surface area contributed by atoms with E-state index < -0.39 is 12.1 Å². The first-order valence-electron chi connectivity index (χ1n) is 8.61. The van der Waals surface area contributed by atoms with Gasteiger partial charge in [-0.1, -0.05) is 0 Å². The molecule has 2 amide bonds. The van der Waals surface area contributed by atoms with Crippen molar-refractivity contribution in [2.75, 3.05) is 54.5 Å². The van der Waals surface area contributed by atoms with Crippen molar-refractivity contribution in [2.24, 2.45) is 0 Å². The van der Waals surface area contributed by atoms with Gasteiger partial charge in [-0.2, -0.15) is 13.2 Å². The normalized spacial score (nSPS) is 24.9. The van der Waals surface area contributed by atoms with Crippen molar-refractivity contribution in [3.63, 3.8) is 0 Å². The van der Waals surface area contributed by atoms with Crippen molar-refractivity contribution < 1.29 is 37.3 Å². The van der Waals surface area contributed by atoms with Crippen molar-refractivity contribution in [1.29, 1.82) is 0 Å². The van der Waals surface area contributed by atoms with E-state index in [0.717, 1.165) is 19.4 Å². The molecule has 1 saturated carbocycles. The minimum atomic E-state index is -5.08. The monoisotopic (exact) mass is 399 g/mol. The Hall–Kier alpha value is -1.59. The maximum atomic E-state index is 12.2. The third-order valence-corrected chi connectivity index (χ3v) is 4.28. The third kappa shape index (κ3) is 7.15. The fourth-order valence-electron chi connectivity index (χ4n) is 2.98. The highest BCUT2D eigenvalue weighted by Gasteiger charge is 2.45. The third-order valence-electron chi connectivity index (χ3n) is 4.28. The highest BCUT2D eigenvalue weighted by Crippen LogP contribution is 2.32. The fraction of sp³-hybridized carbons (Fsp3) is 0.875. The Morgan fingerprint density at radius 3 is 2.30 bits per heavy atom. The molecule has 8 nitrogen and oxygen atoms in total. The van der Waals surface area contributed by atoms with E-state index in [1.54, 1.807) is 19.0 Å². The van der Waals surface area contributed by atoms with Gasteiger partial charge in [0.05, 0.1) is 25.4 Å². The van der Waals surface area contributed by atoms with Gasteiger partial charge in [0, 0.05) is 27.2 Å². The quantitative estimate of drug-likeness (QED) is 0.763. The molecule has 2 rings (SSSR count). The van der Waals surface area contributed by atoms with Gasteiger partial charge in [0.25, 0.3) is 0 Å². The Kier molecular flexibility index (Phi) is 8.76. The van der Waals surface area contributed by atoms with Crippen LogP contribution in [0.4, 0.5) is 18.0 Å². The zero-order chi connectivity index (χ0) is 20.8. The van der Waals surface area contributed by atoms with Gasteiger partial charge in [0.15, 0.2) is 0 Å². The highest BCUT2D eigenvalue weighted by molar-refractivity contribution is 5.74. The van der Waals surface area contributed by atoms with Crippen LogP contribution in [0, 0.1) is 0 Å². The lowest BCUT2D eigenvalue weighted by Gasteiger charge is -2.40. The number of aliphatic carboxylic acids is 1. The molecule has 0 radical (unpaired) electrons. The van der Waals surface area contributed by atoms with Crippen LogP contribution >= 0.6 is 0 Å². The van der Waals surface area contributed by atoms with Crippen LogP contribution in [0.1, 0.15) is 12.8 Å². The molecular formula is C16H28F3N3O5. The summed E-state index contributed by atoms with van der Waals surface area (Å²) in [4.78, 5) is 26.8. The molecule has 0 unspecified atom stereocenters. The summed E-state index contributed by atoms with van der Waals surface area (Å²) in [5, 5.41) is 7.12. The van der Waals surface area contributed by atoms with Crippen LogP contribution in [0.3, 0.4) is 0 Å². The molecule has 1 aliphatic heterocycles. The summed E-state index contributed by atoms with van der Waals surface area (Å²) in [5.74, 6) is -2.76. The number of carbonyl (C=O) groups excluding carboxylic acids is 1. The van der Waals surface area contributed by atoms with E-state index in [1.807, 2.05) is 19.0 Å². The zero-order valence-electron chi connectivity index (χ0n) is 16.0. The molecule has 0 aromatic rings. The number of carboxylic acid groups (broad SMARTS) is 1. The molecule has 3 atom stereocenters. The number of carboxylic acids is 1. The summed E-state index contributed by atoms with van der Waals surface area (Å²) in [6.07, 6.45) is -2.98. The van der Waals surface area contributed by atoms with Gasteiger partial charge in [0.1, 0.15) is 6.10 Å². The van der Waals surface area contributed by atoms with E-state index in [4.69, 9.17) is 19.4 Å². The summed E-state index contributed by atoms with van der Waals surface area (Å²) in [6, 6.07) is 0.250. The summed E-state index contributed by atoms with van der Waals surface area (Å²) < 4.78 is 43.6. The first kappa shape index (κ1) is 23.4. The average Bonchev–Trinajstić information content (AvgIpc) is 2.96. The number of carbonyl (C=O) groups is 2. The molecule has 27 heavy (non-hydrogen) atoms. The molecule has 0 bridgehead atoms. The Labute approximate surface area is 156 Å². The second kappa shape index (κ2) is 10.1. The van der Waals surface area contributed by atoms with Crippen LogP contribution in [0.25, 0.3) is 0 Å². The molecule has 158 valence electrons. The molecule has 2 fully saturated rings. The average molecular weight is 399 g/mol. The SMILES string of the molecule is CN(C)CCO[C@@H]1CC[C@H]2[C@H]1OCCN2C(=O)N(C)C.O=C(O)C(F)(F)F. The van der Waals surface area contributed by atoms with Gasteiger partial charge in [-0.05, 0) is 26.9 Å². The van der Waals surface area contributed by atoms with Crippen molar-refractivity contribution in [2.45, 2.75) is 37.3 Å². The lowest BCUT2D eigenvalue weighted by Crippen LogP contribution is -2.56. The van der Waals surface area contributed by atoms with Crippen molar-refractivity contribution in [1.82, 2.24) is 14.7 Å². The molecular weight excluding hydrogens is 371 g/mol. The maximum absolute atomic E-state index is 12.2. The number of alkyl halides is 3. The van der Waals surface area contributed by atoms with E-state index >= 15 is 0 Å². The minimum absolute atomic E-state index is 0.0369.